The molecule has 5 rings (SSSR count). The fraction of sp³-hybridized carbons (Fsp3) is 0.174. The van der Waals surface area contributed by atoms with Crippen LogP contribution < -0.4 is 10.6 Å². The van der Waals surface area contributed by atoms with Crippen molar-refractivity contribution in [2.45, 2.75) is 19.8 Å². The second-order valence-corrected chi connectivity index (χ2v) is 7.73. The van der Waals surface area contributed by atoms with Gasteiger partial charge in [-0.3, -0.25) is 19.7 Å². The molecule has 2 amide bonds. The van der Waals surface area contributed by atoms with E-state index >= 15 is 0 Å². The Kier molecular flexibility index (Phi) is 4.66. The molecular weight excluding hydrogens is 392 g/mol. The number of carbonyl (C=O) groups excluding carboxylic acids is 2. The molecule has 8 heteroatoms. The molecule has 3 heterocycles. The fourth-order valence-corrected chi connectivity index (χ4v) is 3.40. The number of aromatic amines is 1. The molecule has 3 N–H and O–H groups in total. The maximum absolute atomic E-state index is 12.8. The zero-order valence-electron chi connectivity index (χ0n) is 16.8. The number of nitrogens with one attached hydrogen (secondary N) is 3. The second kappa shape index (κ2) is 7.64. The van der Waals surface area contributed by atoms with Gasteiger partial charge in [-0.15, -0.1) is 0 Å². The van der Waals surface area contributed by atoms with Crippen LogP contribution in [0.2, 0.25) is 0 Å². The summed E-state index contributed by atoms with van der Waals surface area (Å²) in [5.41, 5.74) is 4.39. The predicted octanol–water partition coefficient (Wildman–Crippen LogP) is 3.93. The summed E-state index contributed by atoms with van der Waals surface area (Å²) in [5.74, 6) is 0.286. The summed E-state index contributed by atoms with van der Waals surface area (Å²) < 4.78 is 0. The van der Waals surface area contributed by atoms with Crippen LogP contribution in [0.5, 0.6) is 0 Å². The largest absolute Gasteiger partial charge is 0.324 e. The van der Waals surface area contributed by atoms with Gasteiger partial charge in [-0.25, -0.2) is 4.98 Å². The van der Waals surface area contributed by atoms with Gasteiger partial charge in [-0.1, -0.05) is 6.07 Å². The van der Waals surface area contributed by atoms with E-state index in [0.717, 1.165) is 35.0 Å². The number of hydrogen-bond acceptors (Lipinski definition) is 5. The lowest BCUT2D eigenvalue weighted by Crippen LogP contribution is -2.14. The number of hydrogen-bond donors (Lipinski definition) is 3. The van der Waals surface area contributed by atoms with Crippen LogP contribution in [0.15, 0.2) is 55.0 Å². The Labute approximate surface area is 178 Å². The molecule has 8 nitrogen and oxygen atoms in total. The molecule has 1 saturated carbocycles. The third-order valence-corrected chi connectivity index (χ3v) is 5.22. The van der Waals surface area contributed by atoms with Gasteiger partial charge >= 0.3 is 0 Å². The summed E-state index contributed by atoms with van der Waals surface area (Å²) in [4.78, 5) is 33.3. The molecule has 0 bridgehead atoms. The van der Waals surface area contributed by atoms with Crippen LogP contribution in [0.25, 0.3) is 22.0 Å². The first-order chi connectivity index (χ1) is 15.1. The van der Waals surface area contributed by atoms with Crippen molar-refractivity contribution in [1.29, 1.82) is 0 Å². The number of aryl methyl sites for hydroxylation is 1. The van der Waals surface area contributed by atoms with Gasteiger partial charge in [0.1, 0.15) is 5.82 Å². The highest BCUT2D eigenvalue weighted by atomic mass is 16.2. The van der Waals surface area contributed by atoms with E-state index in [-0.39, 0.29) is 23.4 Å². The Morgan fingerprint density at radius 1 is 1.03 bits per heavy atom. The SMILES string of the molecule is Cc1ccnc(NC(=O)c2n[nH]c3ccc(-c4cncc(NC(=O)C5CC5)c4)cc23)c1. The van der Waals surface area contributed by atoms with Crippen molar-refractivity contribution in [3.63, 3.8) is 0 Å². The molecule has 154 valence electrons. The topological polar surface area (TPSA) is 113 Å². The Hall–Kier alpha value is -4.07. The number of rotatable bonds is 5. The molecule has 31 heavy (non-hydrogen) atoms. The average molecular weight is 412 g/mol. The van der Waals surface area contributed by atoms with Crippen LogP contribution in [0.4, 0.5) is 11.5 Å². The van der Waals surface area contributed by atoms with E-state index in [1.54, 1.807) is 24.7 Å². The molecule has 1 aliphatic carbocycles. The molecule has 1 aromatic carbocycles. The Balaban J connectivity index is 1.43. The maximum atomic E-state index is 12.8. The number of pyridine rings is 2. The van der Waals surface area contributed by atoms with Crippen molar-refractivity contribution in [3.8, 4) is 11.1 Å². The quantitative estimate of drug-likeness (QED) is 0.460. The first-order valence-corrected chi connectivity index (χ1v) is 10.1. The summed E-state index contributed by atoms with van der Waals surface area (Å²) >= 11 is 0. The summed E-state index contributed by atoms with van der Waals surface area (Å²) in [6.45, 7) is 1.93. The van der Waals surface area contributed by atoms with Crippen molar-refractivity contribution in [1.82, 2.24) is 20.2 Å². The second-order valence-electron chi connectivity index (χ2n) is 7.73. The molecular formula is C23H20N6O2. The number of anilines is 2. The zero-order chi connectivity index (χ0) is 21.4. The van der Waals surface area contributed by atoms with Crippen LogP contribution in [0.3, 0.4) is 0 Å². The molecule has 0 radical (unpaired) electrons. The van der Waals surface area contributed by atoms with E-state index < -0.39 is 0 Å². The number of aromatic nitrogens is 4. The van der Waals surface area contributed by atoms with Crippen molar-refractivity contribution in [2.24, 2.45) is 5.92 Å². The van der Waals surface area contributed by atoms with E-state index in [2.05, 4.69) is 30.8 Å². The summed E-state index contributed by atoms with van der Waals surface area (Å²) in [6.07, 6.45) is 6.89. The number of fused-ring (bicyclic) bond motifs is 1. The van der Waals surface area contributed by atoms with Gasteiger partial charge in [-0.05, 0) is 61.2 Å². The van der Waals surface area contributed by atoms with Gasteiger partial charge in [-0.2, -0.15) is 5.10 Å². The smallest absolute Gasteiger partial charge is 0.277 e. The van der Waals surface area contributed by atoms with Gasteiger partial charge in [0, 0.05) is 29.3 Å². The normalized spacial score (nSPS) is 13.2. The van der Waals surface area contributed by atoms with Crippen LogP contribution in [0, 0.1) is 12.8 Å². The lowest BCUT2D eigenvalue weighted by Gasteiger charge is -2.07. The van der Waals surface area contributed by atoms with E-state index in [9.17, 15) is 9.59 Å². The van der Waals surface area contributed by atoms with Crippen LogP contribution in [0.1, 0.15) is 28.9 Å². The predicted molar refractivity (Wildman–Crippen MR) is 118 cm³/mol. The third-order valence-electron chi connectivity index (χ3n) is 5.22. The molecule has 0 unspecified atom stereocenters. The molecule has 0 saturated heterocycles. The zero-order valence-corrected chi connectivity index (χ0v) is 16.8. The van der Waals surface area contributed by atoms with Crippen molar-refractivity contribution in [3.05, 3.63) is 66.2 Å². The van der Waals surface area contributed by atoms with E-state index in [1.165, 1.54) is 0 Å². The van der Waals surface area contributed by atoms with Crippen LogP contribution in [-0.2, 0) is 4.79 Å². The Morgan fingerprint density at radius 3 is 2.71 bits per heavy atom. The molecule has 0 atom stereocenters. The van der Waals surface area contributed by atoms with E-state index in [1.807, 2.05) is 37.3 Å². The number of nitrogens with zero attached hydrogens (tertiary/aromatic N) is 3. The summed E-state index contributed by atoms with van der Waals surface area (Å²) in [7, 11) is 0. The highest BCUT2D eigenvalue weighted by Crippen LogP contribution is 2.31. The number of benzene rings is 1. The Bertz CT molecular complexity index is 1310. The highest BCUT2D eigenvalue weighted by Gasteiger charge is 2.29. The first-order valence-electron chi connectivity index (χ1n) is 10.1. The van der Waals surface area contributed by atoms with Crippen LogP contribution >= 0.6 is 0 Å². The molecule has 1 aliphatic rings. The summed E-state index contributed by atoms with van der Waals surface area (Å²) in [6, 6.07) is 11.2. The van der Waals surface area contributed by atoms with Crippen molar-refractivity contribution in [2.75, 3.05) is 10.6 Å². The summed E-state index contributed by atoms with van der Waals surface area (Å²) in [5, 5.41) is 13.5. The number of carbonyl (C=O) groups is 2. The first kappa shape index (κ1) is 18.9. The van der Waals surface area contributed by atoms with Crippen molar-refractivity contribution < 1.29 is 9.59 Å². The van der Waals surface area contributed by atoms with Gasteiger partial charge in [0.15, 0.2) is 5.69 Å². The minimum absolute atomic E-state index is 0.0351. The van der Waals surface area contributed by atoms with Gasteiger partial charge in [0.25, 0.3) is 5.91 Å². The maximum Gasteiger partial charge on any atom is 0.277 e. The number of H-pyrrole nitrogens is 1. The van der Waals surface area contributed by atoms with Crippen molar-refractivity contribution >= 4 is 34.2 Å². The van der Waals surface area contributed by atoms with Gasteiger partial charge in [0.2, 0.25) is 5.91 Å². The molecule has 0 spiro atoms. The lowest BCUT2D eigenvalue weighted by molar-refractivity contribution is -0.117. The minimum Gasteiger partial charge on any atom is -0.324 e. The van der Waals surface area contributed by atoms with E-state index in [0.29, 0.717) is 16.9 Å². The molecule has 4 aromatic rings. The highest BCUT2D eigenvalue weighted by molar-refractivity contribution is 6.11. The lowest BCUT2D eigenvalue weighted by atomic mass is 10.0. The van der Waals surface area contributed by atoms with Crippen LogP contribution in [-0.4, -0.2) is 32.0 Å². The molecule has 3 aromatic heterocycles. The van der Waals surface area contributed by atoms with Gasteiger partial charge in [0.05, 0.1) is 17.4 Å². The fourth-order valence-electron chi connectivity index (χ4n) is 3.40. The monoisotopic (exact) mass is 412 g/mol. The molecule has 1 fully saturated rings. The standard InChI is InChI=1S/C23H20N6O2/c1-13-6-7-25-20(8-13)27-23(31)21-18-10-15(4-5-19(18)28-29-21)16-9-17(12-24-11-16)26-22(30)14-2-3-14/h4-12,14H,2-3H2,1H3,(H,26,30)(H,28,29)(H,25,27,31). The minimum atomic E-state index is -0.343. The van der Waals surface area contributed by atoms with Gasteiger partial charge < -0.3 is 10.6 Å². The van der Waals surface area contributed by atoms with E-state index in [4.69, 9.17) is 0 Å². The average Bonchev–Trinajstić information content (AvgIpc) is 3.53. The molecule has 0 aliphatic heterocycles. The Morgan fingerprint density at radius 2 is 1.90 bits per heavy atom. The third kappa shape index (κ3) is 4.00. The number of amides is 2.